The molecule has 0 radical (unpaired) electrons. The minimum absolute atomic E-state index is 0.202. The Morgan fingerprint density at radius 3 is 2.86 bits per heavy atom. The van der Waals surface area contributed by atoms with Crippen molar-refractivity contribution < 1.29 is 19.0 Å². The number of carbonyl (C=O) groups is 1. The number of fused-ring (bicyclic) bond motifs is 2. The number of nitrogens with zero attached hydrogens (tertiary/aromatic N) is 1. The number of imidazole rings is 1. The monoisotopic (exact) mass is 394 g/mol. The second-order valence-corrected chi connectivity index (χ2v) is 7.28. The van der Waals surface area contributed by atoms with Crippen LogP contribution in [0.4, 0.5) is 10.5 Å². The molecule has 1 saturated heterocycles. The lowest BCUT2D eigenvalue weighted by atomic mass is 10.0. The summed E-state index contributed by atoms with van der Waals surface area (Å²) < 4.78 is 16.1. The third-order valence-corrected chi connectivity index (χ3v) is 5.28. The minimum Gasteiger partial charge on any atom is -0.454 e. The summed E-state index contributed by atoms with van der Waals surface area (Å²) in [5.74, 6) is 2.67. The Morgan fingerprint density at radius 1 is 1.10 bits per heavy atom. The van der Waals surface area contributed by atoms with E-state index in [-0.39, 0.29) is 12.8 Å². The van der Waals surface area contributed by atoms with Crippen LogP contribution in [0.5, 0.6) is 11.5 Å². The van der Waals surface area contributed by atoms with Crippen LogP contribution in [0.3, 0.4) is 0 Å². The van der Waals surface area contributed by atoms with E-state index in [1.54, 1.807) is 0 Å². The van der Waals surface area contributed by atoms with Crippen molar-refractivity contribution in [2.24, 2.45) is 5.92 Å². The molecule has 2 aliphatic heterocycles. The Morgan fingerprint density at radius 2 is 1.97 bits per heavy atom. The first kappa shape index (κ1) is 17.8. The van der Waals surface area contributed by atoms with Gasteiger partial charge in [-0.15, -0.1) is 0 Å². The first-order chi connectivity index (χ1) is 14.2. The molecule has 8 heteroatoms. The summed E-state index contributed by atoms with van der Waals surface area (Å²) in [5, 5.41) is 5.84. The molecule has 0 spiro atoms. The molecule has 1 fully saturated rings. The third kappa shape index (κ3) is 3.84. The van der Waals surface area contributed by atoms with Gasteiger partial charge in [-0.1, -0.05) is 0 Å². The Kier molecular flexibility index (Phi) is 4.69. The van der Waals surface area contributed by atoms with Gasteiger partial charge in [-0.25, -0.2) is 9.78 Å². The number of hydrogen-bond acceptors (Lipinski definition) is 5. The molecular formula is C21H22N4O4. The van der Waals surface area contributed by atoms with E-state index in [2.05, 4.69) is 20.6 Å². The molecule has 3 N–H and O–H groups in total. The van der Waals surface area contributed by atoms with Crippen LogP contribution < -0.4 is 20.1 Å². The Balaban J connectivity index is 1.27. The van der Waals surface area contributed by atoms with Crippen LogP contribution in [0.15, 0.2) is 36.4 Å². The zero-order valence-electron chi connectivity index (χ0n) is 15.9. The third-order valence-electron chi connectivity index (χ3n) is 5.28. The van der Waals surface area contributed by atoms with Gasteiger partial charge in [0.1, 0.15) is 5.82 Å². The van der Waals surface area contributed by atoms with Crippen molar-refractivity contribution in [2.45, 2.75) is 12.8 Å². The summed E-state index contributed by atoms with van der Waals surface area (Å²) in [6.45, 7) is 2.45. The number of urea groups is 1. The van der Waals surface area contributed by atoms with Gasteiger partial charge >= 0.3 is 6.03 Å². The molecule has 0 saturated carbocycles. The fraction of sp³-hybridized carbons (Fsp3) is 0.333. The fourth-order valence-corrected chi connectivity index (χ4v) is 3.63. The number of carbonyl (C=O) groups excluding carboxylic acids is 1. The Labute approximate surface area is 167 Å². The van der Waals surface area contributed by atoms with Crippen molar-refractivity contribution in [1.29, 1.82) is 0 Å². The molecule has 29 heavy (non-hydrogen) atoms. The molecule has 5 rings (SSSR count). The van der Waals surface area contributed by atoms with Crippen molar-refractivity contribution in [3.8, 4) is 22.9 Å². The van der Waals surface area contributed by atoms with Crippen molar-refractivity contribution in [1.82, 2.24) is 15.3 Å². The Hall–Kier alpha value is -3.26. The lowest BCUT2D eigenvalue weighted by Gasteiger charge is -2.22. The van der Waals surface area contributed by atoms with Crippen molar-refractivity contribution >= 4 is 22.8 Å². The molecule has 150 valence electrons. The summed E-state index contributed by atoms with van der Waals surface area (Å²) in [6.07, 6.45) is 1.98. The summed E-state index contributed by atoms with van der Waals surface area (Å²) in [4.78, 5) is 20.2. The highest BCUT2D eigenvalue weighted by atomic mass is 16.7. The smallest absolute Gasteiger partial charge is 0.319 e. The number of rotatable bonds is 4. The van der Waals surface area contributed by atoms with E-state index in [9.17, 15) is 4.79 Å². The molecule has 0 aliphatic carbocycles. The number of aromatic amines is 1. The van der Waals surface area contributed by atoms with Gasteiger partial charge in [-0.2, -0.15) is 0 Å². The van der Waals surface area contributed by atoms with E-state index in [1.165, 1.54) is 0 Å². The van der Waals surface area contributed by atoms with Crippen LogP contribution in [-0.2, 0) is 4.74 Å². The SMILES string of the molecule is O=C(NCC1CCOCC1)Nc1ccc2nc(-c3ccc4c(c3)OCO4)[nH]c2c1. The molecule has 1 aromatic heterocycles. The summed E-state index contributed by atoms with van der Waals surface area (Å²) in [7, 11) is 0. The highest BCUT2D eigenvalue weighted by Gasteiger charge is 2.16. The van der Waals surface area contributed by atoms with Gasteiger partial charge < -0.3 is 29.8 Å². The second-order valence-electron chi connectivity index (χ2n) is 7.28. The lowest BCUT2D eigenvalue weighted by molar-refractivity contribution is 0.0671. The topological polar surface area (TPSA) is 97.5 Å². The fourth-order valence-electron chi connectivity index (χ4n) is 3.63. The number of nitrogens with one attached hydrogen (secondary N) is 3. The largest absolute Gasteiger partial charge is 0.454 e. The van der Waals surface area contributed by atoms with E-state index in [0.29, 0.717) is 23.9 Å². The standard InChI is InChI=1S/C21H22N4O4/c26-21(22-11-13-5-7-27-8-6-13)23-15-2-3-16-17(10-15)25-20(24-16)14-1-4-18-19(9-14)29-12-28-18/h1-4,9-10,13H,5-8,11-12H2,(H,24,25)(H2,22,23,26). The van der Waals surface area contributed by atoms with E-state index in [4.69, 9.17) is 14.2 Å². The molecule has 3 heterocycles. The lowest BCUT2D eigenvalue weighted by Crippen LogP contribution is -2.35. The highest BCUT2D eigenvalue weighted by Crippen LogP contribution is 2.35. The van der Waals surface area contributed by atoms with Gasteiger partial charge in [-0.3, -0.25) is 0 Å². The predicted molar refractivity (Wildman–Crippen MR) is 108 cm³/mol. The van der Waals surface area contributed by atoms with Crippen LogP contribution in [0, 0.1) is 5.92 Å². The van der Waals surface area contributed by atoms with Gasteiger partial charge in [0.15, 0.2) is 11.5 Å². The van der Waals surface area contributed by atoms with Crippen molar-refractivity contribution in [3.05, 3.63) is 36.4 Å². The zero-order valence-corrected chi connectivity index (χ0v) is 15.9. The van der Waals surface area contributed by atoms with Crippen LogP contribution in [0.1, 0.15) is 12.8 Å². The number of aromatic nitrogens is 2. The average molecular weight is 394 g/mol. The number of ether oxygens (including phenoxy) is 3. The molecule has 2 aliphatic rings. The van der Waals surface area contributed by atoms with E-state index < -0.39 is 0 Å². The van der Waals surface area contributed by atoms with Gasteiger partial charge in [0.25, 0.3) is 0 Å². The molecular weight excluding hydrogens is 372 g/mol. The average Bonchev–Trinajstić information content (AvgIpc) is 3.39. The normalized spacial score (nSPS) is 16.1. The number of anilines is 1. The molecule has 0 bridgehead atoms. The number of H-pyrrole nitrogens is 1. The molecule has 0 atom stereocenters. The first-order valence-electron chi connectivity index (χ1n) is 9.77. The maximum absolute atomic E-state index is 12.2. The van der Waals surface area contributed by atoms with Gasteiger partial charge in [0, 0.05) is 31.0 Å². The Bertz CT molecular complexity index is 1040. The van der Waals surface area contributed by atoms with E-state index in [0.717, 1.165) is 54.2 Å². The highest BCUT2D eigenvalue weighted by molar-refractivity contribution is 5.92. The number of benzene rings is 2. The summed E-state index contributed by atoms with van der Waals surface area (Å²) in [5.41, 5.74) is 3.29. The molecule has 2 aromatic carbocycles. The molecule has 2 amide bonds. The maximum atomic E-state index is 12.2. The molecule has 3 aromatic rings. The second kappa shape index (κ2) is 7.63. The van der Waals surface area contributed by atoms with E-state index >= 15 is 0 Å². The minimum atomic E-state index is -0.202. The summed E-state index contributed by atoms with van der Waals surface area (Å²) >= 11 is 0. The van der Waals surface area contributed by atoms with Crippen molar-refractivity contribution in [2.75, 3.05) is 31.9 Å². The number of amides is 2. The van der Waals surface area contributed by atoms with Crippen LogP contribution in [0.25, 0.3) is 22.4 Å². The number of hydrogen-bond donors (Lipinski definition) is 3. The molecule has 0 unspecified atom stereocenters. The zero-order chi connectivity index (χ0) is 19.6. The summed E-state index contributed by atoms with van der Waals surface area (Å²) in [6, 6.07) is 11.1. The van der Waals surface area contributed by atoms with Gasteiger partial charge in [-0.05, 0) is 55.2 Å². The van der Waals surface area contributed by atoms with Crippen LogP contribution in [-0.4, -0.2) is 42.6 Å². The van der Waals surface area contributed by atoms with Crippen molar-refractivity contribution in [3.63, 3.8) is 0 Å². The van der Waals surface area contributed by atoms with Crippen LogP contribution >= 0.6 is 0 Å². The predicted octanol–water partition coefficient (Wildman–Crippen LogP) is 3.51. The van der Waals surface area contributed by atoms with E-state index in [1.807, 2.05) is 36.4 Å². The quantitative estimate of drug-likeness (QED) is 0.629. The van der Waals surface area contributed by atoms with Crippen LogP contribution in [0.2, 0.25) is 0 Å². The molecule has 8 nitrogen and oxygen atoms in total. The first-order valence-corrected chi connectivity index (χ1v) is 9.77. The maximum Gasteiger partial charge on any atom is 0.319 e. The van der Waals surface area contributed by atoms with Gasteiger partial charge in [0.2, 0.25) is 6.79 Å². The van der Waals surface area contributed by atoms with Gasteiger partial charge in [0.05, 0.1) is 11.0 Å².